The first-order valence-corrected chi connectivity index (χ1v) is 8.38. The Kier molecular flexibility index (Phi) is 5.91. The molecule has 0 spiro atoms. The van der Waals surface area contributed by atoms with Gasteiger partial charge in [0.1, 0.15) is 6.04 Å². The number of nitrogens with zero attached hydrogens (tertiary/aromatic N) is 1. The van der Waals surface area contributed by atoms with E-state index >= 15 is 0 Å². The topological polar surface area (TPSA) is 32.3 Å². The summed E-state index contributed by atoms with van der Waals surface area (Å²) in [6, 6.07) is 8.32. The van der Waals surface area contributed by atoms with E-state index in [1.54, 1.807) is 13.8 Å². The van der Waals surface area contributed by atoms with Gasteiger partial charge in [0.15, 0.2) is 0 Å². The molecular weight excluding hydrogens is 317 g/mol. The molecule has 1 heterocycles. The molecule has 0 radical (unpaired) electrons. The predicted molar refractivity (Wildman–Crippen MR) is 87.1 cm³/mol. The molecule has 1 aliphatic heterocycles. The van der Waals surface area contributed by atoms with Gasteiger partial charge in [0.25, 0.3) is 0 Å². The second kappa shape index (κ2) is 7.55. The molecule has 0 bridgehead atoms. The minimum absolute atomic E-state index is 0.00858. The van der Waals surface area contributed by atoms with Crippen molar-refractivity contribution in [1.82, 2.24) is 10.4 Å². The fourth-order valence-electron chi connectivity index (χ4n) is 2.99. The zero-order chi connectivity index (χ0) is 17.8. The summed E-state index contributed by atoms with van der Waals surface area (Å²) >= 11 is 0. The summed E-state index contributed by atoms with van der Waals surface area (Å²) in [5.74, 6) is -0.346. The zero-order valence-corrected chi connectivity index (χ0v) is 14.2. The van der Waals surface area contributed by atoms with Crippen LogP contribution < -0.4 is 5.43 Å². The molecule has 0 aromatic heterocycles. The Balaban J connectivity index is 1.81. The third kappa shape index (κ3) is 4.97. The lowest BCUT2D eigenvalue weighted by Crippen LogP contribution is -2.49. The molecule has 1 amide bonds. The predicted octanol–water partition coefficient (Wildman–Crippen LogP) is 4.09. The van der Waals surface area contributed by atoms with Crippen molar-refractivity contribution >= 4 is 5.91 Å². The Morgan fingerprint density at radius 1 is 1.17 bits per heavy atom. The summed E-state index contributed by atoms with van der Waals surface area (Å²) in [7, 11) is 0. The average Bonchev–Trinajstić information content (AvgIpc) is 2.75. The number of nitrogens with one attached hydrogen (secondary N) is 1. The van der Waals surface area contributed by atoms with Crippen LogP contribution in [0.1, 0.15) is 45.1 Å². The van der Waals surface area contributed by atoms with Crippen LogP contribution in [0.25, 0.3) is 0 Å². The van der Waals surface area contributed by atoms with Crippen molar-refractivity contribution in [2.45, 2.75) is 58.2 Å². The molecule has 3 nitrogen and oxygen atoms in total. The average molecular weight is 342 g/mol. The molecule has 2 rings (SSSR count). The second-order valence-corrected chi connectivity index (χ2v) is 7.10. The standard InChI is InChI=1S/C18H25F3N2O/c1-17(2)13-23(22-16(17)24)15(18(19,20)21)12-8-4-7-11-14-9-5-3-6-10-14/h3,5-6,9-10,15H,4,7-8,11-13H2,1-2H3,(H,22,24). The maximum atomic E-state index is 13.3. The lowest BCUT2D eigenvalue weighted by Gasteiger charge is -2.29. The minimum Gasteiger partial charge on any atom is -0.288 e. The molecule has 6 heteroatoms. The fourth-order valence-corrected chi connectivity index (χ4v) is 2.99. The van der Waals surface area contributed by atoms with Gasteiger partial charge in [-0.1, -0.05) is 43.2 Å². The van der Waals surface area contributed by atoms with E-state index in [1.807, 2.05) is 30.3 Å². The quantitative estimate of drug-likeness (QED) is 0.757. The third-order valence-corrected chi connectivity index (χ3v) is 4.47. The second-order valence-electron chi connectivity index (χ2n) is 7.10. The highest BCUT2D eigenvalue weighted by atomic mass is 19.4. The van der Waals surface area contributed by atoms with E-state index in [0.717, 1.165) is 24.3 Å². The molecule has 1 unspecified atom stereocenters. The largest absolute Gasteiger partial charge is 0.405 e. The van der Waals surface area contributed by atoms with Gasteiger partial charge < -0.3 is 0 Å². The Labute approximate surface area is 141 Å². The number of carbonyl (C=O) groups excluding carboxylic acids is 1. The first kappa shape index (κ1) is 18.8. The van der Waals surface area contributed by atoms with Gasteiger partial charge in [-0.3, -0.25) is 10.2 Å². The number of hydrogen-bond acceptors (Lipinski definition) is 2. The number of hydrogen-bond donors (Lipinski definition) is 1. The van der Waals surface area contributed by atoms with Crippen molar-refractivity contribution in [3.8, 4) is 0 Å². The van der Waals surface area contributed by atoms with Crippen molar-refractivity contribution in [3.05, 3.63) is 35.9 Å². The molecule has 1 N–H and O–H groups in total. The van der Waals surface area contributed by atoms with E-state index in [2.05, 4.69) is 5.43 Å². The van der Waals surface area contributed by atoms with Crippen molar-refractivity contribution in [2.24, 2.45) is 5.41 Å². The number of hydrazine groups is 1. The van der Waals surface area contributed by atoms with Crippen LogP contribution in [0.3, 0.4) is 0 Å². The van der Waals surface area contributed by atoms with Gasteiger partial charge in [-0.25, -0.2) is 5.01 Å². The van der Waals surface area contributed by atoms with Gasteiger partial charge in [-0.2, -0.15) is 13.2 Å². The highest BCUT2D eigenvalue weighted by Crippen LogP contribution is 2.33. The summed E-state index contributed by atoms with van der Waals surface area (Å²) in [6.07, 6.45) is -1.35. The van der Waals surface area contributed by atoms with Crippen LogP contribution in [0.15, 0.2) is 30.3 Å². The van der Waals surface area contributed by atoms with E-state index in [4.69, 9.17) is 0 Å². The SMILES string of the molecule is CC1(C)CN(C(CCCCCc2ccccc2)C(F)(F)F)NC1=O. The molecule has 1 aliphatic rings. The summed E-state index contributed by atoms with van der Waals surface area (Å²) in [4.78, 5) is 11.8. The number of halogens is 3. The number of unbranched alkanes of at least 4 members (excludes halogenated alkanes) is 2. The van der Waals surface area contributed by atoms with Gasteiger partial charge in [-0.15, -0.1) is 0 Å². The van der Waals surface area contributed by atoms with Crippen LogP contribution in [0.4, 0.5) is 13.2 Å². The van der Waals surface area contributed by atoms with E-state index in [0.29, 0.717) is 6.42 Å². The zero-order valence-electron chi connectivity index (χ0n) is 14.2. The Morgan fingerprint density at radius 2 is 1.83 bits per heavy atom. The molecule has 1 saturated heterocycles. The number of aryl methyl sites for hydroxylation is 1. The molecule has 1 atom stereocenters. The number of carbonyl (C=O) groups is 1. The van der Waals surface area contributed by atoms with Crippen LogP contribution in [0, 0.1) is 5.41 Å². The Morgan fingerprint density at radius 3 is 2.38 bits per heavy atom. The van der Waals surface area contributed by atoms with Gasteiger partial charge in [-0.05, 0) is 38.7 Å². The van der Waals surface area contributed by atoms with Gasteiger partial charge in [0, 0.05) is 6.54 Å². The highest BCUT2D eigenvalue weighted by Gasteiger charge is 2.49. The van der Waals surface area contributed by atoms with Gasteiger partial charge >= 0.3 is 6.18 Å². The highest BCUT2D eigenvalue weighted by molar-refractivity contribution is 5.83. The summed E-state index contributed by atoms with van der Waals surface area (Å²) in [5.41, 5.74) is 2.82. The number of benzene rings is 1. The molecule has 1 fully saturated rings. The van der Waals surface area contributed by atoms with E-state index in [-0.39, 0.29) is 18.9 Å². The van der Waals surface area contributed by atoms with Gasteiger partial charge in [0.05, 0.1) is 5.41 Å². The molecular formula is C18H25F3N2O. The molecule has 0 saturated carbocycles. The van der Waals surface area contributed by atoms with Crippen LogP contribution in [-0.2, 0) is 11.2 Å². The van der Waals surface area contributed by atoms with Crippen molar-refractivity contribution in [3.63, 3.8) is 0 Å². The Bertz CT molecular complexity index is 543. The number of rotatable bonds is 7. The summed E-state index contributed by atoms with van der Waals surface area (Å²) < 4.78 is 40.0. The molecule has 24 heavy (non-hydrogen) atoms. The summed E-state index contributed by atoms with van der Waals surface area (Å²) in [6.45, 7) is 3.41. The first-order chi connectivity index (χ1) is 11.2. The fraction of sp³-hybridized carbons (Fsp3) is 0.611. The maximum Gasteiger partial charge on any atom is 0.405 e. The van der Waals surface area contributed by atoms with E-state index < -0.39 is 17.6 Å². The monoisotopic (exact) mass is 342 g/mol. The van der Waals surface area contributed by atoms with Crippen molar-refractivity contribution in [1.29, 1.82) is 0 Å². The van der Waals surface area contributed by atoms with Crippen LogP contribution >= 0.6 is 0 Å². The van der Waals surface area contributed by atoms with E-state index in [9.17, 15) is 18.0 Å². The van der Waals surface area contributed by atoms with Crippen LogP contribution in [-0.4, -0.2) is 29.7 Å². The van der Waals surface area contributed by atoms with Gasteiger partial charge in [0.2, 0.25) is 5.91 Å². The first-order valence-electron chi connectivity index (χ1n) is 8.38. The minimum atomic E-state index is -4.34. The third-order valence-electron chi connectivity index (χ3n) is 4.47. The normalized spacial score (nSPS) is 19.3. The molecule has 1 aromatic carbocycles. The van der Waals surface area contributed by atoms with Crippen LogP contribution in [0.5, 0.6) is 0 Å². The Hall–Kier alpha value is -1.56. The van der Waals surface area contributed by atoms with Crippen LogP contribution in [0.2, 0.25) is 0 Å². The number of amides is 1. The van der Waals surface area contributed by atoms with Crippen molar-refractivity contribution < 1.29 is 18.0 Å². The van der Waals surface area contributed by atoms with E-state index in [1.165, 1.54) is 5.56 Å². The molecule has 0 aliphatic carbocycles. The summed E-state index contributed by atoms with van der Waals surface area (Å²) in [5, 5.41) is 1.07. The van der Waals surface area contributed by atoms with Crippen molar-refractivity contribution in [2.75, 3.05) is 6.54 Å². The lowest BCUT2D eigenvalue weighted by atomic mass is 9.94. The lowest BCUT2D eigenvalue weighted by molar-refractivity contribution is -0.190. The number of alkyl halides is 3. The maximum absolute atomic E-state index is 13.3. The molecule has 134 valence electrons. The smallest absolute Gasteiger partial charge is 0.288 e. The molecule has 1 aromatic rings.